The minimum absolute atomic E-state index is 0.0240. The van der Waals surface area contributed by atoms with Crippen molar-refractivity contribution in [1.29, 1.82) is 0 Å². The van der Waals surface area contributed by atoms with Gasteiger partial charge in [-0.05, 0) is 68.9 Å². The Labute approximate surface area is 148 Å². The van der Waals surface area contributed by atoms with Crippen molar-refractivity contribution in [2.24, 2.45) is 5.73 Å². The van der Waals surface area contributed by atoms with Crippen molar-refractivity contribution in [1.82, 2.24) is 15.0 Å². The number of hydrogen-bond donors (Lipinski definition) is 1. The van der Waals surface area contributed by atoms with Gasteiger partial charge in [-0.2, -0.15) is 0 Å². The maximum Gasteiger partial charge on any atom is 0.132 e. The van der Waals surface area contributed by atoms with Crippen molar-refractivity contribution in [3.63, 3.8) is 0 Å². The second kappa shape index (κ2) is 6.19. The van der Waals surface area contributed by atoms with Gasteiger partial charge in [-0.15, -0.1) is 0 Å². The lowest BCUT2D eigenvalue weighted by atomic mass is 9.78. The first kappa shape index (κ1) is 16.2. The predicted octanol–water partition coefficient (Wildman–Crippen LogP) is 4.38. The summed E-state index contributed by atoms with van der Waals surface area (Å²) in [6, 6.07) is 8.41. The fourth-order valence-corrected chi connectivity index (χ4v) is 3.71. The van der Waals surface area contributed by atoms with Crippen molar-refractivity contribution in [3.05, 3.63) is 54.2 Å². The molecule has 1 aromatic carbocycles. The monoisotopic (exact) mass is 332 g/mol. The lowest BCUT2D eigenvalue weighted by Gasteiger charge is -2.33. The Morgan fingerprint density at radius 3 is 2.68 bits per heavy atom. The molecule has 2 aromatic heterocycles. The third-order valence-corrected chi connectivity index (χ3v) is 5.44. The number of fused-ring (bicyclic) bond motifs is 1. The van der Waals surface area contributed by atoms with E-state index in [1.54, 1.807) is 0 Å². The van der Waals surface area contributed by atoms with E-state index in [9.17, 15) is 0 Å². The largest absolute Gasteiger partial charge is 0.325 e. The first-order valence-corrected chi connectivity index (χ1v) is 8.98. The molecule has 2 N–H and O–H groups in total. The summed E-state index contributed by atoms with van der Waals surface area (Å²) in [5, 5.41) is 1.07. The van der Waals surface area contributed by atoms with Gasteiger partial charge < -0.3 is 5.73 Å². The highest BCUT2D eigenvalue weighted by Crippen LogP contribution is 2.35. The van der Waals surface area contributed by atoms with E-state index in [0.717, 1.165) is 53.5 Å². The van der Waals surface area contributed by atoms with Crippen LogP contribution in [0.4, 0.5) is 0 Å². The number of aromatic nitrogens is 3. The summed E-state index contributed by atoms with van der Waals surface area (Å²) in [6.45, 7) is 4.25. The van der Waals surface area contributed by atoms with E-state index in [2.05, 4.69) is 42.0 Å². The maximum absolute atomic E-state index is 6.25. The van der Waals surface area contributed by atoms with Crippen LogP contribution in [0.3, 0.4) is 0 Å². The number of aryl methyl sites for hydroxylation is 1. The smallest absolute Gasteiger partial charge is 0.132 e. The van der Waals surface area contributed by atoms with Gasteiger partial charge >= 0.3 is 0 Å². The minimum atomic E-state index is -0.0240. The van der Waals surface area contributed by atoms with Crippen LogP contribution in [0.25, 0.3) is 22.0 Å². The van der Waals surface area contributed by atoms with E-state index in [1.807, 2.05) is 24.7 Å². The van der Waals surface area contributed by atoms with Crippen molar-refractivity contribution >= 4 is 10.9 Å². The van der Waals surface area contributed by atoms with Crippen LogP contribution in [-0.4, -0.2) is 20.5 Å². The van der Waals surface area contributed by atoms with Crippen LogP contribution < -0.4 is 5.73 Å². The Morgan fingerprint density at radius 1 is 1.12 bits per heavy atom. The van der Waals surface area contributed by atoms with Crippen LogP contribution in [0.2, 0.25) is 0 Å². The van der Waals surface area contributed by atoms with Gasteiger partial charge in [0.05, 0.1) is 5.52 Å². The SMILES string of the molecule is Cc1ccncc1-c1ccc2nc(C3CCC(C)(N)CC3)ncc2c1. The van der Waals surface area contributed by atoms with E-state index in [1.165, 1.54) is 5.56 Å². The second-order valence-electron chi connectivity index (χ2n) is 7.62. The zero-order chi connectivity index (χ0) is 17.4. The lowest BCUT2D eigenvalue weighted by Crippen LogP contribution is -2.39. The molecule has 0 aliphatic heterocycles. The molecule has 4 heteroatoms. The number of pyridine rings is 1. The molecule has 4 nitrogen and oxygen atoms in total. The molecule has 0 bridgehead atoms. The molecule has 0 spiro atoms. The van der Waals surface area contributed by atoms with Gasteiger partial charge in [0, 0.05) is 41.0 Å². The number of benzene rings is 1. The van der Waals surface area contributed by atoms with Gasteiger partial charge in [0.1, 0.15) is 5.82 Å². The predicted molar refractivity (Wildman–Crippen MR) is 101 cm³/mol. The fourth-order valence-electron chi connectivity index (χ4n) is 3.71. The van der Waals surface area contributed by atoms with Crippen LogP contribution in [-0.2, 0) is 0 Å². The molecule has 2 heterocycles. The van der Waals surface area contributed by atoms with E-state index >= 15 is 0 Å². The summed E-state index contributed by atoms with van der Waals surface area (Å²) < 4.78 is 0. The number of nitrogens with zero attached hydrogens (tertiary/aromatic N) is 3. The Hall–Kier alpha value is -2.33. The van der Waals surface area contributed by atoms with E-state index < -0.39 is 0 Å². The zero-order valence-corrected chi connectivity index (χ0v) is 14.9. The van der Waals surface area contributed by atoms with Gasteiger partial charge in [-0.3, -0.25) is 4.98 Å². The standard InChI is InChI=1S/C21H24N4/c1-14-7-10-23-13-18(14)16-3-4-19-17(11-16)12-24-20(25-19)15-5-8-21(2,22)9-6-15/h3-4,7,10-13,15H,5-6,8-9,22H2,1-2H3. The van der Waals surface area contributed by atoms with Crippen LogP contribution >= 0.6 is 0 Å². The third kappa shape index (κ3) is 3.27. The van der Waals surface area contributed by atoms with E-state index in [-0.39, 0.29) is 5.54 Å². The van der Waals surface area contributed by atoms with Gasteiger partial charge in [0.2, 0.25) is 0 Å². The average Bonchev–Trinajstić information content (AvgIpc) is 2.61. The molecule has 0 radical (unpaired) electrons. The lowest BCUT2D eigenvalue weighted by molar-refractivity contribution is 0.290. The summed E-state index contributed by atoms with van der Waals surface area (Å²) in [5.41, 5.74) is 10.8. The summed E-state index contributed by atoms with van der Waals surface area (Å²) in [7, 11) is 0. The summed E-state index contributed by atoms with van der Waals surface area (Å²) in [5.74, 6) is 1.40. The fraction of sp³-hybridized carbons (Fsp3) is 0.381. The van der Waals surface area contributed by atoms with Crippen LogP contribution in [0.5, 0.6) is 0 Å². The molecule has 128 valence electrons. The van der Waals surface area contributed by atoms with Gasteiger partial charge in [0.15, 0.2) is 0 Å². The molecule has 1 aliphatic rings. The number of rotatable bonds is 2. The first-order valence-electron chi connectivity index (χ1n) is 8.98. The van der Waals surface area contributed by atoms with Crippen molar-refractivity contribution in [3.8, 4) is 11.1 Å². The molecule has 25 heavy (non-hydrogen) atoms. The molecule has 0 unspecified atom stereocenters. The molecule has 3 aromatic rings. The first-order chi connectivity index (χ1) is 12.0. The van der Waals surface area contributed by atoms with Crippen LogP contribution in [0.1, 0.15) is 49.9 Å². The molecular formula is C21H24N4. The summed E-state index contributed by atoms with van der Waals surface area (Å²) in [6.07, 6.45) is 9.93. The molecular weight excluding hydrogens is 308 g/mol. The Morgan fingerprint density at radius 2 is 1.92 bits per heavy atom. The Kier molecular flexibility index (Phi) is 4.00. The number of hydrogen-bond acceptors (Lipinski definition) is 4. The van der Waals surface area contributed by atoms with Gasteiger partial charge in [-0.1, -0.05) is 6.07 Å². The average molecular weight is 332 g/mol. The van der Waals surface area contributed by atoms with Crippen molar-refractivity contribution < 1.29 is 0 Å². The normalized spacial score (nSPS) is 23.7. The summed E-state index contributed by atoms with van der Waals surface area (Å²) in [4.78, 5) is 13.8. The zero-order valence-electron chi connectivity index (χ0n) is 14.9. The Bertz CT molecular complexity index is 907. The van der Waals surface area contributed by atoms with Crippen LogP contribution in [0.15, 0.2) is 42.9 Å². The summed E-state index contributed by atoms with van der Waals surface area (Å²) >= 11 is 0. The highest BCUT2D eigenvalue weighted by atomic mass is 14.9. The molecule has 1 aliphatic carbocycles. The molecule has 0 saturated heterocycles. The van der Waals surface area contributed by atoms with Crippen molar-refractivity contribution in [2.75, 3.05) is 0 Å². The highest BCUT2D eigenvalue weighted by Gasteiger charge is 2.29. The molecule has 1 fully saturated rings. The highest BCUT2D eigenvalue weighted by molar-refractivity contribution is 5.84. The molecule has 0 amide bonds. The number of nitrogens with two attached hydrogens (primary N) is 1. The minimum Gasteiger partial charge on any atom is -0.325 e. The van der Waals surface area contributed by atoms with Gasteiger partial charge in [-0.25, -0.2) is 9.97 Å². The Balaban J connectivity index is 1.65. The van der Waals surface area contributed by atoms with Gasteiger partial charge in [0.25, 0.3) is 0 Å². The second-order valence-corrected chi connectivity index (χ2v) is 7.62. The quantitative estimate of drug-likeness (QED) is 0.756. The third-order valence-electron chi connectivity index (χ3n) is 5.44. The van der Waals surface area contributed by atoms with E-state index in [0.29, 0.717) is 5.92 Å². The molecule has 4 rings (SSSR count). The molecule has 1 saturated carbocycles. The van der Waals surface area contributed by atoms with Crippen molar-refractivity contribution in [2.45, 2.75) is 51.0 Å². The maximum atomic E-state index is 6.25. The molecule has 0 atom stereocenters. The van der Waals surface area contributed by atoms with Crippen LogP contribution in [0, 0.1) is 6.92 Å². The topological polar surface area (TPSA) is 64.7 Å². The van der Waals surface area contributed by atoms with E-state index in [4.69, 9.17) is 10.7 Å².